The number of ether oxygens (including phenoxy) is 2. The van der Waals surface area contributed by atoms with Crippen molar-refractivity contribution >= 4 is 5.96 Å². The Labute approximate surface area is 164 Å². The molecule has 1 spiro atoms. The van der Waals surface area contributed by atoms with E-state index in [2.05, 4.69) is 55.3 Å². The average Bonchev–Trinajstić information content (AvgIpc) is 3.30. The van der Waals surface area contributed by atoms with Gasteiger partial charge in [0.2, 0.25) is 0 Å². The lowest BCUT2D eigenvalue weighted by Crippen LogP contribution is -2.41. The van der Waals surface area contributed by atoms with Crippen LogP contribution in [-0.4, -0.2) is 56.9 Å². The molecule has 2 saturated heterocycles. The molecule has 0 bridgehead atoms. The SMILES string of the molecule is CCNC(=NCCc1ccc(OCC(C)C)cc1)N1CCC2(CCOC2)C1. The van der Waals surface area contributed by atoms with Gasteiger partial charge in [-0.1, -0.05) is 26.0 Å². The summed E-state index contributed by atoms with van der Waals surface area (Å²) in [5.41, 5.74) is 1.66. The zero-order chi connectivity index (χ0) is 19.1. The zero-order valence-corrected chi connectivity index (χ0v) is 17.2. The van der Waals surface area contributed by atoms with Crippen LogP contribution in [0.25, 0.3) is 0 Å². The van der Waals surface area contributed by atoms with Crippen LogP contribution in [0.1, 0.15) is 39.2 Å². The fraction of sp³-hybridized carbons (Fsp3) is 0.682. The van der Waals surface area contributed by atoms with Crippen molar-refractivity contribution in [1.29, 1.82) is 0 Å². The fourth-order valence-corrected chi connectivity index (χ4v) is 3.82. The van der Waals surface area contributed by atoms with Gasteiger partial charge in [0.05, 0.1) is 13.2 Å². The maximum Gasteiger partial charge on any atom is 0.193 e. The van der Waals surface area contributed by atoms with Gasteiger partial charge in [-0.25, -0.2) is 0 Å². The third-order valence-corrected chi connectivity index (χ3v) is 5.43. The number of nitrogens with zero attached hydrogens (tertiary/aromatic N) is 2. The van der Waals surface area contributed by atoms with Gasteiger partial charge in [-0.15, -0.1) is 0 Å². The molecular weight excluding hydrogens is 338 g/mol. The molecule has 150 valence electrons. The Morgan fingerprint density at radius 2 is 2.11 bits per heavy atom. The first kappa shape index (κ1) is 20.0. The zero-order valence-electron chi connectivity index (χ0n) is 17.2. The van der Waals surface area contributed by atoms with Gasteiger partial charge in [-0.3, -0.25) is 4.99 Å². The van der Waals surface area contributed by atoms with Gasteiger partial charge in [0.25, 0.3) is 0 Å². The van der Waals surface area contributed by atoms with Gasteiger partial charge >= 0.3 is 0 Å². The highest BCUT2D eigenvalue weighted by Crippen LogP contribution is 2.38. The first-order valence-corrected chi connectivity index (χ1v) is 10.4. The molecule has 0 aliphatic carbocycles. The topological polar surface area (TPSA) is 46.1 Å². The first-order valence-electron chi connectivity index (χ1n) is 10.4. The first-order chi connectivity index (χ1) is 13.1. The second-order valence-corrected chi connectivity index (χ2v) is 8.31. The molecule has 1 aromatic carbocycles. The third-order valence-electron chi connectivity index (χ3n) is 5.43. The van der Waals surface area contributed by atoms with E-state index < -0.39 is 0 Å². The highest BCUT2D eigenvalue weighted by Gasteiger charge is 2.42. The van der Waals surface area contributed by atoms with Crippen molar-refractivity contribution < 1.29 is 9.47 Å². The highest BCUT2D eigenvalue weighted by atomic mass is 16.5. The van der Waals surface area contributed by atoms with Crippen molar-refractivity contribution in [2.24, 2.45) is 16.3 Å². The molecule has 2 heterocycles. The number of hydrogen-bond donors (Lipinski definition) is 1. The predicted octanol–water partition coefficient (Wildman–Crippen LogP) is 3.34. The number of guanidine groups is 1. The van der Waals surface area contributed by atoms with Crippen molar-refractivity contribution in [2.75, 3.05) is 46.0 Å². The summed E-state index contributed by atoms with van der Waals surface area (Å²) in [6.07, 6.45) is 3.35. The number of aliphatic imine (C=N–C) groups is 1. The summed E-state index contributed by atoms with van der Waals surface area (Å²) in [5, 5.41) is 3.47. The Hall–Kier alpha value is -1.75. The van der Waals surface area contributed by atoms with Gasteiger partial charge in [0, 0.05) is 38.2 Å². The Morgan fingerprint density at radius 1 is 1.30 bits per heavy atom. The van der Waals surface area contributed by atoms with Crippen LogP contribution in [-0.2, 0) is 11.2 Å². The summed E-state index contributed by atoms with van der Waals surface area (Å²) in [5.74, 6) is 2.55. The summed E-state index contributed by atoms with van der Waals surface area (Å²) < 4.78 is 11.4. The van der Waals surface area contributed by atoms with E-state index in [9.17, 15) is 0 Å². The molecule has 2 aliphatic heterocycles. The predicted molar refractivity (Wildman–Crippen MR) is 111 cm³/mol. The minimum atomic E-state index is 0.363. The van der Waals surface area contributed by atoms with Crippen molar-refractivity contribution in [3.8, 4) is 5.75 Å². The molecule has 2 fully saturated rings. The van der Waals surface area contributed by atoms with E-state index in [1.165, 1.54) is 18.4 Å². The number of rotatable bonds is 7. The van der Waals surface area contributed by atoms with Crippen molar-refractivity contribution in [2.45, 2.75) is 40.0 Å². The van der Waals surface area contributed by atoms with Crippen LogP contribution in [0.4, 0.5) is 0 Å². The summed E-state index contributed by atoms with van der Waals surface area (Å²) in [7, 11) is 0. The molecule has 5 heteroatoms. The minimum absolute atomic E-state index is 0.363. The van der Waals surface area contributed by atoms with Crippen LogP contribution in [0, 0.1) is 11.3 Å². The molecule has 1 atom stereocenters. The molecule has 0 saturated carbocycles. The van der Waals surface area contributed by atoms with Crippen LogP contribution >= 0.6 is 0 Å². The lowest BCUT2D eigenvalue weighted by Gasteiger charge is -2.25. The normalized spacial score (nSPS) is 22.8. The molecule has 1 aromatic rings. The van der Waals surface area contributed by atoms with E-state index in [1.807, 2.05) is 0 Å². The Morgan fingerprint density at radius 3 is 2.78 bits per heavy atom. The number of benzene rings is 1. The monoisotopic (exact) mass is 373 g/mol. The van der Waals surface area contributed by atoms with E-state index in [0.717, 1.165) is 64.1 Å². The number of likely N-dealkylation sites (tertiary alicyclic amines) is 1. The van der Waals surface area contributed by atoms with E-state index >= 15 is 0 Å². The fourth-order valence-electron chi connectivity index (χ4n) is 3.82. The average molecular weight is 374 g/mol. The summed E-state index contributed by atoms with van der Waals surface area (Å²) in [4.78, 5) is 7.30. The molecule has 3 rings (SSSR count). The molecule has 0 amide bonds. The lowest BCUT2D eigenvalue weighted by atomic mass is 9.87. The molecular formula is C22H35N3O2. The van der Waals surface area contributed by atoms with Gasteiger partial charge in [-0.2, -0.15) is 0 Å². The second kappa shape index (κ2) is 9.45. The molecule has 1 unspecified atom stereocenters. The quantitative estimate of drug-likeness (QED) is 0.588. The van der Waals surface area contributed by atoms with E-state index in [4.69, 9.17) is 14.5 Å². The summed E-state index contributed by atoms with van der Waals surface area (Å²) in [6, 6.07) is 8.44. The van der Waals surface area contributed by atoms with Gasteiger partial charge in [0.1, 0.15) is 5.75 Å². The molecule has 0 radical (unpaired) electrons. The molecule has 1 N–H and O–H groups in total. The number of nitrogens with one attached hydrogen (secondary N) is 1. The highest BCUT2D eigenvalue weighted by molar-refractivity contribution is 5.80. The molecule has 27 heavy (non-hydrogen) atoms. The second-order valence-electron chi connectivity index (χ2n) is 8.31. The van der Waals surface area contributed by atoms with Crippen LogP contribution in [0.5, 0.6) is 5.75 Å². The molecule has 2 aliphatic rings. The minimum Gasteiger partial charge on any atom is -0.493 e. The molecule has 5 nitrogen and oxygen atoms in total. The van der Waals surface area contributed by atoms with Crippen LogP contribution < -0.4 is 10.1 Å². The Balaban J connectivity index is 1.51. The van der Waals surface area contributed by atoms with Gasteiger partial charge in [-0.05, 0) is 49.8 Å². The van der Waals surface area contributed by atoms with Gasteiger partial charge < -0.3 is 19.7 Å². The van der Waals surface area contributed by atoms with E-state index in [1.54, 1.807) is 0 Å². The maximum absolute atomic E-state index is 5.76. The maximum atomic E-state index is 5.76. The number of hydrogen-bond acceptors (Lipinski definition) is 3. The molecule has 0 aromatic heterocycles. The Bertz CT molecular complexity index is 606. The standard InChI is InChI=1S/C22H35N3O2/c1-4-23-21(25-13-10-22(16-25)11-14-26-17-22)24-12-9-19-5-7-20(8-6-19)27-15-18(2)3/h5-8,18H,4,9-17H2,1-3H3,(H,23,24). The van der Waals surface area contributed by atoms with Crippen LogP contribution in [0.3, 0.4) is 0 Å². The van der Waals surface area contributed by atoms with Crippen LogP contribution in [0.15, 0.2) is 29.3 Å². The smallest absolute Gasteiger partial charge is 0.193 e. The van der Waals surface area contributed by atoms with Gasteiger partial charge in [0.15, 0.2) is 5.96 Å². The van der Waals surface area contributed by atoms with Crippen molar-refractivity contribution in [3.05, 3.63) is 29.8 Å². The largest absolute Gasteiger partial charge is 0.493 e. The summed E-state index contributed by atoms with van der Waals surface area (Å²) in [6.45, 7) is 12.9. The van der Waals surface area contributed by atoms with Crippen LogP contribution in [0.2, 0.25) is 0 Å². The van der Waals surface area contributed by atoms with Crippen molar-refractivity contribution in [1.82, 2.24) is 10.2 Å². The lowest BCUT2D eigenvalue weighted by molar-refractivity contribution is 0.156. The van der Waals surface area contributed by atoms with Crippen molar-refractivity contribution in [3.63, 3.8) is 0 Å². The third kappa shape index (κ3) is 5.61. The van der Waals surface area contributed by atoms with E-state index in [0.29, 0.717) is 11.3 Å². The van der Waals surface area contributed by atoms with E-state index in [-0.39, 0.29) is 0 Å². The Kier molecular flexibility index (Phi) is 7.00. The summed E-state index contributed by atoms with van der Waals surface area (Å²) >= 11 is 0.